The fraction of sp³-hybridized carbons (Fsp3) is 0. The largest absolute Gasteiger partial charge is 0.508 e. The highest BCUT2D eigenvalue weighted by molar-refractivity contribution is 7.71. The van der Waals surface area contributed by atoms with Crippen LogP contribution in [-0.4, -0.2) is 19.9 Å². The van der Waals surface area contributed by atoms with E-state index in [9.17, 15) is 5.11 Å². The number of aromatic hydroxyl groups is 1. The van der Waals surface area contributed by atoms with Gasteiger partial charge in [-0.1, -0.05) is 18.2 Å². The van der Waals surface area contributed by atoms with Crippen LogP contribution >= 0.6 is 12.2 Å². The molecular weight excluding hydrogens is 258 g/mol. The summed E-state index contributed by atoms with van der Waals surface area (Å²) in [6.07, 6.45) is 0. The number of hydrogen-bond donors (Lipinski definition) is 2. The van der Waals surface area contributed by atoms with Crippen molar-refractivity contribution in [1.29, 1.82) is 0 Å². The normalized spacial score (nSPS) is 10.5. The Hall–Kier alpha value is -2.40. The van der Waals surface area contributed by atoms with Gasteiger partial charge in [-0.05, 0) is 48.6 Å². The molecule has 3 rings (SSSR count). The number of rotatable bonds is 2. The average molecular weight is 269 g/mol. The summed E-state index contributed by atoms with van der Waals surface area (Å²) in [5.74, 6) is 0.945. The van der Waals surface area contributed by atoms with Crippen molar-refractivity contribution >= 4 is 12.2 Å². The first kappa shape index (κ1) is 11.7. The van der Waals surface area contributed by atoms with Crippen LogP contribution in [0.3, 0.4) is 0 Å². The van der Waals surface area contributed by atoms with Crippen molar-refractivity contribution < 1.29 is 5.11 Å². The number of hydrogen-bond acceptors (Lipinski definition) is 3. The van der Waals surface area contributed by atoms with Gasteiger partial charge in [-0.15, -0.1) is 0 Å². The number of aromatic nitrogens is 3. The predicted octanol–water partition coefficient (Wildman–Crippen LogP) is 3.30. The standard InChI is InChI=1S/C14H11N3OS/c18-12-8-6-10(7-9-12)13-15-16-14(19)17(13)11-4-2-1-3-5-11/h1-9,18H,(H,16,19). The summed E-state index contributed by atoms with van der Waals surface area (Å²) >= 11 is 5.28. The minimum absolute atomic E-state index is 0.226. The van der Waals surface area contributed by atoms with Crippen molar-refractivity contribution in [1.82, 2.24) is 14.8 Å². The molecule has 0 aliphatic carbocycles. The predicted molar refractivity (Wildman–Crippen MR) is 75.8 cm³/mol. The molecule has 0 saturated heterocycles. The molecule has 5 heteroatoms. The Morgan fingerprint density at radius 2 is 1.68 bits per heavy atom. The molecule has 0 fully saturated rings. The molecule has 0 amide bonds. The molecule has 1 aromatic heterocycles. The Morgan fingerprint density at radius 3 is 2.37 bits per heavy atom. The number of benzene rings is 2. The molecule has 0 unspecified atom stereocenters. The zero-order valence-electron chi connectivity index (χ0n) is 9.95. The number of nitrogens with one attached hydrogen (secondary N) is 1. The molecule has 94 valence electrons. The third kappa shape index (κ3) is 2.15. The van der Waals surface area contributed by atoms with Gasteiger partial charge in [0, 0.05) is 11.3 Å². The van der Waals surface area contributed by atoms with Crippen molar-refractivity contribution in [2.45, 2.75) is 0 Å². The second-order valence-electron chi connectivity index (χ2n) is 4.07. The van der Waals surface area contributed by atoms with Crippen LogP contribution in [0.15, 0.2) is 54.6 Å². The lowest BCUT2D eigenvalue weighted by molar-refractivity contribution is 0.475. The Labute approximate surface area is 115 Å². The molecule has 1 heterocycles. The summed E-state index contributed by atoms with van der Waals surface area (Å²) in [5, 5.41) is 16.4. The molecule has 2 aromatic carbocycles. The van der Waals surface area contributed by atoms with Crippen LogP contribution in [0.2, 0.25) is 0 Å². The number of nitrogens with zero attached hydrogens (tertiary/aromatic N) is 2. The maximum Gasteiger partial charge on any atom is 0.200 e. The highest BCUT2D eigenvalue weighted by Gasteiger charge is 2.10. The monoisotopic (exact) mass is 269 g/mol. The highest BCUT2D eigenvalue weighted by atomic mass is 32.1. The highest BCUT2D eigenvalue weighted by Crippen LogP contribution is 2.23. The van der Waals surface area contributed by atoms with Gasteiger partial charge in [0.05, 0.1) is 0 Å². The second-order valence-corrected chi connectivity index (χ2v) is 4.46. The van der Waals surface area contributed by atoms with Gasteiger partial charge in [-0.25, -0.2) is 0 Å². The minimum Gasteiger partial charge on any atom is -0.508 e. The van der Waals surface area contributed by atoms with Crippen LogP contribution in [-0.2, 0) is 0 Å². The quantitative estimate of drug-likeness (QED) is 0.702. The van der Waals surface area contributed by atoms with Crippen LogP contribution in [0.4, 0.5) is 0 Å². The number of phenolic OH excluding ortho intramolecular Hbond substituents is 1. The van der Waals surface area contributed by atoms with Gasteiger partial charge < -0.3 is 5.11 Å². The first-order chi connectivity index (χ1) is 9.25. The number of aromatic amines is 1. The Kier molecular flexibility index (Phi) is 2.89. The topological polar surface area (TPSA) is 53.8 Å². The molecule has 0 radical (unpaired) electrons. The fourth-order valence-corrected chi connectivity index (χ4v) is 2.16. The molecule has 0 saturated carbocycles. The van der Waals surface area contributed by atoms with E-state index < -0.39 is 0 Å². The Bertz CT molecular complexity index is 744. The van der Waals surface area contributed by atoms with E-state index in [0.717, 1.165) is 17.1 Å². The van der Waals surface area contributed by atoms with E-state index in [1.807, 2.05) is 34.9 Å². The number of para-hydroxylation sites is 1. The lowest BCUT2D eigenvalue weighted by atomic mass is 10.2. The van der Waals surface area contributed by atoms with Gasteiger partial charge in [0.15, 0.2) is 10.6 Å². The maximum atomic E-state index is 9.34. The van der Waals surface area contributed by atoms with Gasteiger partial charge in [0.25, 0.3) is 0 Å². The summed E-state index contributed by atoms with van der Waals surface area (Å²) in [6.45, 7) is 0. The van der Waals surface area contributed by atoms with Gasteiger partial charge >= 0.3 is 0 Å². The maximum absolute atomic E-state index is 9.34. The number of H-pyrrole nitrogens is 1. The van der Waals surface area contributed by atoms with Crippen LogP contribution in [0.1, 0.15) is 0 Å². The van der Waals surface area contributed by atoms with E-state index >= 15 is 0 Å². The molecule has 3 aromatic rings. The zero-order valence-corrected chi connectivity index (χ0v) is 10.8. The van der Waals surface area contributed by atoms with E-state index in [4.69, 9.17) is 12.2 Å². The van der Waals surface area contributed by atoms with E-state index in [1.165, 1.54) is 0 Å². The summed E-state index contributed by atoms with van der Waals surface area (Å²) in [4.78, 5) is 0. The van der Waals surface area contributed by atoms with Crippen molar-refractivity contribution in [2.75, 3.05) is 0 Å². The Morgan fingerprint density at radius 1 is 1.00 bits per heavy atom. The molecule has 19 heavy (non-hydrogen) atoms. The third-order valence-electron chi connectivity index (χ3n) is 2.81. The van der Waals surface area contributed by atoms with E-state index in [2.05, 4.69) is 10.2 Å². The molecule has 0 aliphatic heterocycles. The van der Waals surface area contributed by atoms with Crippen molar-refractivity contribution in [3.05, 3.63) is 59.4 Å². The van der Waals surface area contributed by atoms with Gasteiger partial charge in [-0.2, -0.15) is 5.10 Å². The lowest BCUT2D eigenvalue weighted by Crippen LogP contribution is -1.97. The zero-order chi connectivity index (χ0) is 13.2. The van der Waals surface area contributed by atoms with Crippen LogP contribution in [0.5, 0.6) is 5.75 Å². The summed E-state index contributed by atoms with van der Waals surface area (Å²) in [5.41, 5.74) is 1.83. The smallest absolute Gasteiger partial charge is 0.200 e. The molecule has 2 N–H and O–H groups in total. The van der Waals surface area contributed by atoms with Gasteiger partial charge in [0.1, 0.15) is 5.75 Å². The first-order valence-electron chi connectivity index (χ1n) is 5.78. The molecular formula is C14H11N3OS. The van der Waals surface area contributed by atoms with Crippen molar-refractivity contribution in [2.24, 2.45) is 0 Å². The first-order valence-corrected chi connectivity index (χ1v) is 6.19. The second kappa shape index (κ2) is 4.70. The molecule has 0 aliphatic rings. The van der Waals surface area contributed by atoms with E-state index in [1.54, 1.807) is 24.3 Å². The van der Waals surface area contributed by atoms with Crippen LogP contribution < -0.4 is 0 Å². The van der Waals surface area contributed by atoms with Crippen molar-refractivity contribution in [3.63, 3.8) is 0 Å². The van der Waals surface area contributed by atoms with E-state index in [-0.39, 0.29) is 5.75 Å². The van der Waals surface area contributed by atoms with Crippen molar-refractivity contribution in [3.8, 4) is 22.8 Å². The molecule has 0 spiro atoms. The average Bonchev–Trinajstić information content (AvgIpc) is 2.82. The summed E-state index contributed by atoms with van der Waals surface area (Å²) < 4.78 is 2.40. The number of phenols is 1. The van der Waals surface area contributed by atoms with Crippen LogP contribution in [0, 0.1) is 4.77 Å². The van der Waals surface area contributed by atoms with Crippen LogP contribution in [0.25, 0.3) is 17.1 Å². The molecule has 0 bridgehead atoms. The minimum atomic E-state index is 0.226. The fourth-order valence-electron chi connectivity index (χ4n) is 1.92. The summed E-state index contributed by atoms with van der Waals surface area (Å²) in [7, 11) is 0. The third-order valence-corrected chi connectivity index (χ3v) is 3.09. The van der Waals surface area contributed by atoms with Gasteiger partial charge in [0.2, 0.25) is 0 Å². The van der Waals surface area contributed by atoms with Gasteiger partial charge in [-0.3, -0.25) is 9.67 Å². The molecule has 4 nitrogen and oxygen atoms in total. The van der Waals surface area contributed by atoms with E-state index in [0.29, 0.717) is 4.77 Å². The molecule has 0 atom stereocenters. The Balaban J connectivity index is 2.19. The SMILES string of the molecule is Oc1ccc(-c2n[nH]c(=S)n2-c2ccccc2)cc1. The lowest BCUT2D eigenvalue weighted by Gasteiger charge is -2.06. The summed E-state index contributed by atoms with van der Waals surface area (Å²) in [6, 6.07) is 16.7.